The number of hydrogen-bond donors (Lipinski definition) is 1. The minimum Gasteiger partial charge on any atom is -0.337 e. The normalized spacial score (nSPS) is 15.4. The van der Waals surface area contributed by atoms with Crippen LogP contribution in [0.5, 0.6) is 0 Å². The van der Waals surface area contributed by atoms with Crippen LogP contribution in [0, 0.1) is 0 Å². The maximum Gasteiger partial charge on any atom is 0.236 e. The molecular formula is C13H18N2O. The monoisotopic (exact) mass is 218 g/mol. The lowest BCUT2D eigenvalue weighted by Gasteiger charge is -2.20. The van der Waals surface area contributed by atoms with Crippen LogP contribution in [0.25, 0.3) is 0 Å². The van der Waals surface area contributed by atoms with Crippen molar-refractivity contribution in [2.24, 2.45) is 0 Å². The molecule has 16 heavy (non-hydrogen) atoms. The van der Waals surface area contributed by atoms with Gasteiger partial charge in [0.15, 0.2) is 0 Å². The Kier molecular flexibility index (Phi) is 3.57. The number of benzene rings is 1. The molecule has 1 aliphatic heterocycles. The highest BCUT2D eigenvalue weighted by molar-refractivity contribution is 5.78. The highest BCUT2D eigenvalue weighted by Crippen LogP contribution is 2.18. The molecule has 2 rings (SSSR count). The molecule has 0 fully saturated rings. The van der Waals surface area contributed by atoms with Gasteiger partial charge in [0.05, 0.1) is 6.54 Å². The second-order valence-electron chi connectivity index (χ2n) is 4.22. The number of nitrogens with one attached hydrogen (secondary N) is 1. The van der Waals surface area contributed by atoms with Crippen LogP contribution in [0.3, 0.4) is 0 Å². The standard InChI is InChI=1S/C13H18N2O/c1-14-9-13(16)15-8-4-7-11-5-2-3-6-12(11)10-15/h2-3,5-6,14H,4,7-10H2,1H3. The third-order valence-electron chi connectivity index (χ3n) is 3.03. The number of aryl methyl sites for hydroxylation is 1. The van der Waals surface area contributed by atoms with Crippen molar-refractivity contribution in [3.63, 3.8) is 0 Å². The fourth-order valence-corrected chi connectivity index (χ4v) is 2.18. The van der Waals surface area contributed by atoms with Crippen molar-refractivity contribution in [2.75, 3.05) is 20.1 Å². The Hall–Kier alpha value is -1.35. The van der Waals surface area contributed by atoms with E-state index in [-0.39, 0.29) is 5.91 Å². The van der Waals surface area contributed by atoms with Crippen LogP contribution in [0.1, 0.15) is 17.5 Å². The minimum atomic E-state index is 0.194. The summed E-state index contributed by atoms with van der Waals surface area (Å²) in [5, 5.41) is 2.92. The first-order valence-corrected chi connectivity index (χ1v) is 5.80. The number of amides is 1. The number of likely N-dealkylation sites (N-methyl/N-ethyl adjacent to an activating group) is 1. The van der Waals surface area contributed by atoms with Gasteiger partial charge in [-0.1, -0.05) is 24.3 Å². The van der Waals surface area contributed by atoms with Gasteiger partial charge >= 0.3 is 0 Å². The fraction of sp³-hybridized carbons (Fsp3) is 0.462. The van der Waals surface area contributed by atoms with Crippen LogP contribution in [0.15, 0.2) is 24.3 Å². The van der Waals surface area contributed by atoms with E-state index >= 15 is 0 Å². The molecule has 1 N–H and O–H groups in total. The number of hydrogen-bond acceptors (Lipinski definition) is 2. The smallest absolute Gasteiger partial charge is 0.236 e. The van der Waals surface area contributed by atoms with Crippen molar-refractivity contribution in [1.29, 1.82) is 0 Å². The van der Waals surface area contributed by atoms with Crippen LogP contribution in [0.4, 0.5) is 0 Å². The highest BCUT2D eigenvalue weighted by Gasteiger charge is 2.17. The summed E-state index contributed by atoms with van der Waals surface area (Å²) in [6.45, 7) is 2.06. The number of carbonyl (C=O) groups is 1. The second-order valence-corrected chi connectivity index (χ2v) is 4.22. The van der Waals surface area contributed by atoms with Crippen LogP contribution in [-0.2, 0) is 17.8 Å². The molecule has 0 bridgehead atoms. The van der Waals surface area contributed by atoms with Crippen molar-refractivity contribution < 1.29 is 4.79 Å². The van der Waals surface area contributed by atoms with Gasteiger partial charge in [-0.2, -0.15) is 0 Å². The SMILES string of the molecule is CNCC(=O)N1CCCc2ccccc2C1. The molecular weight excluding hydrogens is 200 g/mol. The second kappa shape index (κ2) is 5.12. The van der Waals surface area contributed by atoms with Crippen molar-refractivity contribution in [2.45, 2.75) is 19.4 Å². The van der Waals surface area contributed by atoms with Gasteiger partial charge in [-0.3, -0.25) is 4.79 Å². The van der Waals surface area contributed by atoms with Gasteiger partial charge in [-0.25, -0.2) is 0 Å². The van der Waals surface area contributed by atoms with E-state index in [0.717, 1.165) is 25.9 Å². The van der Waals surface area contributed by atoms with Crippen LogP contribution >= 0.6 is 0 Å². The molecule has 0 radical (unpaired) electrons. The Labute approximate surface area is 96.5 Å². The molecule has 0 atom stereocenters. The number of nitrogens with zero attached hydrogens (tertiary/aromatic N) is 1. The molecule has 3 nitrogen and oxygen atoms in total. The summed E-state index contributed by atoms with van der Waals surface area (Å²) >= 11 is 0. The lowest BCUT2D eigenvalue weighted by molar-refractivity contribution is -0.130. The van der Waals surface area contributed by atoms with Gasteiger partial charge in [0.25, 0.3) is 0 Å². The van der Waals surface area contributed by atoms with Gasteiger partial charge in [0.1, 0.15) is 0 Å². The molecule has 3 heteroatoms. The first kappa shape index (κ1) is 11.1. The molecule has 1 amide bonds. The summed E-state index contributed by atoms with van der Waals surface area (Å²) in [6, 6.07) is 8.41. The molecule has 86 valence electrons. The summed E-state index contributed by atoms with van der Waals surface area (Å²) < 4.78 is 0. The minimum absolute atomic E-state index is 0.194. The van der Waals surface area contributed by atoms with Crippen LogP contribution < -0.4 is 5.32 Å². The molecule has 0 saturated carbocycles. The van der Waals surface area contributed by atoms with E-state index in [0.29, 0.717) is 6.54 Å². The summed E-state index contributed by atoms with van der Waals surface area (Å²) in [6.07, 6.45) is 2.14. The van der Waals surface area contributed by atoms with Crippen molar-refractivity contribution in [3.8, 4) is 0 Å². The average molecular weight is 218 g/mol. The summed E-state index contributed by atoms with van der Waals surface area (Å²) in [4.78, 5) is 13.8. The van der Waals surface area contributed by atoms with Crippen molar-refractivity contribution in [1.82, 2.24) is 10.2 Å². The van der Waals surface area contributed by atoms with E-state index in [2.05, 4.69) is 23.5 Å². The third-order valence-corrected chi connectivity index (χ3v) is 3.03. The molecule has 0 aromatic heterocycles. The van der Waals surface area contributed by atoms with Gasteiger partial charge in [0, 0.05) is 13.1 Å². The molecule has 1 aliphatic rings. The van der Waals surface area contributed by atoms with E-state index in [1.807, 2.05) is 18.0 Å². The van der Waals surface area contributed by atoms with E-state index < -0.39 is 0 Å². The molecule has 1 heterocycles. The van der Waals surface area contributed by atoms with Crippen molar-refractivity contribution in [3.05, 3.63) is 35.4 Å². The maximum absolute atomic E-state index is 11.8. The summed E-state index contributed by atoms with van der Waals surface area (Å²) in [5.41, 5.74) is 2.69. The molecule has 0 unspecified atom stereocenters. The topological polar surface area (TPSA) is 32.3 Å². The lowest BCUT2D eigenvalue weighted by atomic mass is 10.0. The van der Waals surface area contributed by atoms with E-state index in [9.17, 15) is 4.79 Å². The molecule has 0 saturated heterocycles. The summed E-state index contributed by atoms with van der Waals surface area (Å²) in [7, 11) is 1.81. The zero-order chi connectivity index (χ0) is 11.4. The third kappa shape index (κ3) is 2.42. The van der Waals surface area contributed by atoms with Gasteiger partial charge in [0.2, 0.25) is 5.91 Å². The Bertz CT molecular complexity index is 376. The Morgan fingerprint density at radius 3 is 2.88 bits per heavy atom. The van der Waals surface area contributed by atoms with Crippen LogP contribution in [0.2, 0.25) is 0 Å². The molecule has 0 aliphatic carbocycles. The summed E-state index contributed by atoms with van der Waals surface area (Å²) in [5.74, 6) is 0.194. The Morgan fingerprint density at radius 1 is 1.38 bits per heavy atom. The Morgan fingerprint density at radius 2 is 2.12 bits per heavy atom. The van der Waals surface area contributed by atoms with E-state index in [1.165, 1.54) is 11.1 Å². The molecule has 1 aromatic rings. The quantitative estimate of drug-likeness (QED) is 0.808. The number of fused-ring (bicyclic) bond motifs is 1. The first-order valence-electron chi connectivity index (χ1n) is 5.80. The fourth-order valence-electron chi connectivity index (χ4n) is 2.18. The van der Waals surface area contributed by atoms with Crippen LogP contribution in [-0.4, -0.2) is 30.9 Å². The molecule has 0 spiro atoms. The lowest BCUT2D eigenvalue weighted by Crippen LogP contribution is -2.36. The van der Waals surface area contributed by atoms with Crippen molar-refractivity contribution >= 4 is 5.91 Å². The average Bonchev–Trinajstić information content (AvgIpc) is 2.51. The largest absolute Gasteiger partial charge is 0.337 e. The van der Waals surface area contributed by atoms with Gasteiger partial charge in [-0.15, -0.1) is 0 Å². The number of rotatable bonds is 2. The number of carbonyl (C=O) groups excluding carboxylic acids is 1. The zero-order valence-electron chi connectivity index (χ0n) is 9.70. The van der Waals surface area contributed by atoms with Gasteiger partial charge in [-0.05, 0) is 31.0 Å². The predicted octanol–water partition coefficient (Wildman–Crippen LogP) is 1.18. The maximum atomic E-state index is 11.8. The Balaban J connectivity index is 2.13. The zero-order valence-corrected chi connectivity index (χ0v) is 9.70. The van der Waals surface area contributed by atoms with E-state index in [1.54, 1.807) is 0 Å². The van der Waals surface area contributed by atoms with Gasteiger partial charge < -0.3 is 10.2 Å². The first-order chi connectivity index (χ1) is 7.81. The molecule has 1 aromatic carbocycles. The predicted molar refractivity (Wildman–Crippen MR) is 64.1 cm³/mol. The van der Waals surface area contributed by atoms with E-state index in [4.69, 9.17) is 0 Å². The highest BCUT2D eigenvalue weighted by atomic mass is 16.2.